The number of rotatable bonds is 4. The Kier molecular flexibility index (Phi) is 4.18. The minimum atomic E-state index is -0.961. The molecule has 0 saturated carbocycles. The SMILES string of the molecule is O=c1[nH]c(-c2cc(-c3ccsc3)n(Cc3ccccc3F)n2)ncc1F. The molecule has 0 aliphatic carbocycles. The maximum Gasteiger partial charge on any atom is 0.287 e. The lowest BCUT2D eigenvalue weighted by Crippen LogP contribution is -2.12. The number of halogens is 2. The fourth-order valence-corrected chi connectivity index (χ4v) is 3.24. The topological polar surface area (TPSA) is 63.6 Å². The van der Waals surface area contributed by atoms with E-state index in [1.807, 2.05) is 16.8 Å². The van der Waals surface area contributed by atoms with Crippen LogP contribution in [-0.2, 0) is 6.54 Å². The Morgan fingerprint density at radius 1 is 1.15 bits per heavy atom. The summed E-state index contributed by atoms with van der Waals surface area (Å²) in [6.45, 7) is 0.212. The second-order valence-electron chi connectivity index (χ2n) is 5.58. The molecular formula is C18H12F2N4OS. The first kappa shape index (κ1) is 16.3. The van der Waals surface area contributed by atoms with Crippen LogP contribution in [0, 0.1) is 11.6 Å². The number of benzene rings is 1. The number of aromatic amines is 1. The first-order chi connectivity index (χ1) is 12.6. The van der Waals surface area contributed by atoms with Gasteiger partial charge in [0.05, 0.1) is 18.4 Å². The van der Waals surface area contributed by atoms with Crippen molar-refractivity contribution >= 4 is 11.3 Å². The number of nitrogens with zero attached hydrogens (tertiary/aromatic N) is 3. The van der Waals surface area contributed by atoms with Crippen molar-refractivity contribution in [2.24, 2.45) is 0 Å². The third kappa shape index (κ3) is 3.06. The molecule has 3 aromatic heterocycles. The maximum atomic E-state index is 14.0. The third-order valence-electron chi connectivity index (χ3n) is 3.87. The predicted molar refractivity (Wildman–Crippen MR) is 94.9 cm³/mol. The molecule has 0 spiro atoms. The van der Waals surface area contributed by atoms with Gasteiger partial charge in [-0.2, -0.15) is 20.8 Å². The van der Waals surface area contributed by atoms with E-state index in [-0.39, 0.29) is 18.2 Å². The van der Waals surface area contributed by atoms with Gasteiger partial charge in [0, 0.05) is 16.5 Å². The molecule has 0 fully saturated rings. The number of aromatic nitrogens is 4. The van der Waals surface area contributed by atoms with Crippen LogP contribution in [0.4, 0.5) is 8.78 Å². The number of nitrogens with one attached hydrogen (secondary N) is 1. The van der Waals surface area contributed by atoms with Crippen LogP contribution in [0.15, 0.2) is 58.1 Å². The summed E-state index contributed by atoms with van der Waals surface area (Å²) in [6, 6.07) is 10.1. The first-order valence-electron chi connectivity index (χ1n) is 7.71. The molecule has 0 unspecified atom stereocenters. The summed E-state index contributed by atoms with van der Waals surface area (Å²) >= 11 is 1.52. The van der Waals surface area contributed by atoms with E-state index in [0.717, 1.165) is 17.5 Å². The molecule has 4 rings (SSSR count). The Morgan fingerprint density at radius 3 is 2.73 bits per heavy atom. The first-order valence-corrected chi connectivity index (χ1v) is 8.65. The van der Waals surface area contributed by atoms with Gasteiger partial charge in [-0.3, -0.25) is 9.48 Å². The van der Waals surface area contributed by atoms with E-state index in [2.05, 4.69) is 15.1 Å². The Morgan fingerprint density at radius 2 is 2.00 bits per heavy atom. The fraction of sp³-hybridized carbons (Fsp3) is 0.0556. The van der Waals surface area contributed by atoms with Crippen LogP contribution in [0.1, 0.15) is 5.56 Å². The molecule has 0 aliphatic heterocycles. The van der Waals surface area contributed by atoms with E-state index in [0.29, 0.717) is 11.3 Å². The molecule has 0 saturated heterocycles. The van der Waals surface area contributed by atoms with Crippen LogP contribution in [0.5, 0.6) is 0 Å². The standard InChI is InChI=1S/C18H12F2N4OS/c19-13-4-2-1-3-11(13)9-24-16(12-5-6-26-10-12)7-15(23-24)17-21-8-14(20)18(25)22-17/h1-8,10H,9H2,(H,21,22,25). The number of H-pyrrole nitrogens is 1. The van der Waals surface area contributed by atoms with Crippen LogP contribution in [0.25, 0.3) is 22.8 Å². The Balaban J connectivity index is 1.82. The molecule has 0 radical (unpaired) electrons. The maximum absolute atomic E-state index is 14.0. The van der Waals surface area contributed by atoms with Gasteiger partial charge < -0.3 is 4.98 Å². The molecule has 8 heteroatoms. The Bertz CT molecular complexity index is 1120. The molecule has 0 aliphatic rings. The number of hydrogen-bond acceptors (Lipinski definition) is 4. The van der Waals surface area contributed by atoms with Gasteiger partial charge in [0.2, 0.25) is 5.82 Å². The van der Waals surface area contributed by atoms with Gasteiger partial charge in [-0.05, 0) is 23.6 Å². The summed E-state index contributed by atoms with van der Waals surface area (Å²) in [6.07, 6.45) is 0.855. The molecule has 3 heterocycles. The predicted octanol–water partition coefficient (Wildman–Crippen LogP) is 3.69. The van der Waals surface area contributed by atoms with Gasteiger partial charge in [-0.25, -0.2) is 9.37 Å². The van der Waals surface area contributed by atoms with Crippen molar-refractivity contribution in [3.8, 4) is 22.8 Å². The van der Waals surface area contributed by atoms with Gasteiger partial charge in [0.15, 0.2) is 5.82 Å². The number of hydrogen-bond donors (Lipinski definition) is 1. The molecule has 0 bridgehead atoms. The lowest BCUT2D eigenvalue weighted by atomic mass is 10.2. The fourth-order valence-electron chi connectivity index (χ4n) is 2.59. The minimum Gasteiger partial charge on any atom is -0.303 e. The minimum absolute atomic E-state index is 0.153. The molecule has 5 nitrogen and oxygen atoms in total. The van der Waals surface area contributed by atoms with E-state index in [9.17, 15) is 13.6 Å². The summed E-state index contributed by atoms with van der Waals surface area (Å²) in [7, 11) is 0. The van der Waals surface area contributed by atoms with Gasteiger partial charge >= 0.3 is 0 Å². The van der Waals surface area contributed by atoms with Crippen LogP contribution >= 0.6 is 11.3 Å². The number of thiophene rings is 1. The van der Waals surface area contributed by atoms with E-state index in [4.69, 9.17) is 0 Å². The average Bonchev–Trinajstić information content (AvgIpc) is 3.29. The van der Waals surface area contributed by atoms with Crippen molar-refractivity contribution < 1.29 is 8.78 Å². The van der Waals surface area contributed by atoms with Crippen LogP contribution in [-0.4, -0.2) is 19.7 Å². The van der Waals surface area contributed by atoms with Crippen molar-refractivity contribution in [3.05, 3.63) is 80.9 Å². The zero-order chi connectivity index (χ0) is 18.1. The zero-order valence-corrected chi connectivity index (χ0v) is 14.1. The summed E-state index contributed by atoms with van der Waals surface area (Å²) in [5.41, 5.74) is 1.65. The normalized spacial score (nSPS) is 11.0. The highest BCUT2D eigenvalue weighted by Crippen LogP contribution is 2.27. The zero-order valence-electron chi connectivity index (χ0n) is 13.3. The molecule has 26 heavy (non-hydrogen) atoms. The van der Waals surface area contributed by atoms with E-state index in [1.54, 1.807) is 28.9 Å². The van der Waals surface area contributed by atoms with Gasteiger partial charge in [-0.1, -0.05) is 18.2 Å². The lowest BCUT2D eigenvalue weighted by molar-refractivity contribution is 0.586. The van der Waals surface area contributed by atoms with Crippen molar-refractivity contribution in [1.82, 2.24) is 19.7 Å². The van der Waals surface area contributed by atoms with E-state index >= 15 is 0 Å². The lowest BCUT2D eigenvalue weighted by Gasteiger charge is -2.07. The molecule has 1 aromatic carbocycles. The second-order valence-corrected chi connectivity index (χ2v) is 6.36. The summed E-state index contributed by atoms with van der Waals surface area (Å²) in [5.74, 6) is -1.13. The van der Waals surface area contributed by atoms with Gasteiger partial charge in [-0.15, -0.1) is 0 Å². The van der Waals surface area contributed by atoms with Crippen molar-refractivity contribution in [2.45, 2.75) is 6.54 Å². The van der Waals surface area contributed by atoms with Crippen LogP contribution < -0.4 is 5.56 Å². The molecule has 0 amide bonds. The second kappa shape index (κ2) is 6.64. The largest absolute Gasteiger partial charge is 0.303 e. The van der Waals surface area contributed by atoms with Crippen molar-refractivity contribution in [2.75, 3.05) is 0 Å². The van der Waals surface area contributed by atoms with Crippen LogP contribution in [0.3, 0.4) is 0 Å². The van der Waals surface area contributed by atoms with E-state index < -0.39 is 11.4 Å². The summed E-state index contributed by atoms with van der Waals surface area (Å²) < 4.78 is 28.9. The third-order valence-corrected chi connectivity index (χ3v) is 4.56. The average molecular weight is 370 g/mol. The van der Waals surface area contributed by atoms with Crippen LogP contribution in [0.2, 0.25) is 0 Å². The summed E-state index contributed by atoms with van der Waals surface area (Å²) in [5, 5.41) is 8.31. The molecule has 4 aromatic rings. The molecule has 1 N–H and O–H groups in total. The van der Waals surface area contributed by atoms with E-state index in [1.165, 1.54) is 17.4 Å². The van der Waals surface area contributed by atoms with Crippen molar-refractivity contribution in [3.63, 3.8) is 0 Å². The Labute approximate surface area is 150 Å². The molecule has 0 atom stereocenters. The highest BCUT2D eigenvalue weighted by Gasteiger charge is 2.15. The monoisotopic (exact) mass is 370 g/mol. The molecular weight excluding hydrogens is 358 g/mol. The smallest absolute Gasteiger partial charge is 0.287 e. The van der Waals surface area contributed by atoms with Gasteiger partial charge in [0.25, 0.3) is 5.56 Å². The Hall–Kier alpha value is -3.13. The molecule has 130 valence electrons. The van der Waals surface area contributed by atoms with Gasteiger partial charge in [0.1, 0.15) is 11.5 Å². The quantitative estimate of drug-likeness (QED) is 0.596. The van der Waals surface area contributed by atoms with Crippen molar-refractivity contribution in [1.29, 1.82) is 0 Å². The highest BCUT2D eigenvalue weighted by molar-refractivity contribution is 7.08. The highest BCUT2D eigenvalue weighted by atomic mass is 32.1. The summed E-state index contributed by atoms with van der Waals surface area (Å²) in [4.78, 5) is 17.8.